The Hall–Kier alpha value is -1.88. The first-order valence-electron chi connectivity index (χ1n) is 5.23. The van der Waals surface area contributed by atoms with Gasteiger partial charge in [-0.1, -0.05) is 12.1 Å². The van der Waals surface area contributed by atoms with Crippen LogP contribution in [0.3, 0.4) is 0 Å². The van der Waals surface area contributed by atoms with Crippen LogP contribution in [0.4, 0.5) is 4.39 Å². The molecule has 0 spiro atoms. The van der Waals surface area contributed by atoms with E-state index in [1.165, 1.54) is 42.9 Å². The largest absolute Gasteiger partial charge is 0.472 e. The molecule has 1 heterocycles. The topological polar surface area (TPSA) is 47.3 Å². The number of sulfone groups is 1. The Kier molecular flexibility index (Phi) is 3.62. The summed E-state index contributed by atoms with van der Waals surface area (Å²) in [5.74, 6) is -0.535. The maximum atomic E-state index is 12.7. The molecule has 0 aliphatic heterocycles. The molecule has 18 heavy (non-hydrogen) atoms. The number of furan rings is 1. The standard InChI is InChI=1S/C13H11FO3S/c14-13-3-1-12(2-4-13)10-18(15,16)8-6-11-5-7-17-9-11/h1-9H,10H2. The average molecular weight is 266 g/mol. The molecule has 94 valence electrons. The molecule has 0 aliphatic rings. The predicted molar refractivity (Wildman–Crippen MR) is 66.8 cm³/mol. The Bertz CT molecular complexity index is 625. The van der Waals surface area contributed by atoms with Crippen LogP contribution in [-0.2, 0) is 15.6 Å². The highest BCUT2D eigenvalue weighted by Crippen LogP contribution is 2.11. The smallest absolute Gasteiger partial charge is 0.175 e. The zero-order chi connectivity index (χ0) is 13.0. The van der Waals surface area contributed by atoms with Crippen molar-refractivity contribution in [3.05, 3.63) is 65.2 Å². The van der Waals surface area contributed by atoms with Crippen molar-refractivity contribution in [3.63, 3.8) is 0 Å². The van der Waals surface area contributed by atoms with Gasteiger partial charge in [-0.25, -0.2) is 12.8 Å². The Morgan fingerprint density at radius 1 is 1.17 bits per heavy atom. The first-order chi connectivity index (χ1) is 8.55. The lowest BCUT2D eigenvalue weighted by Gasteiger charge is -1.99. The van der Waals surface area contributed by atoms with Gasteiger partial charge in [0, 0.05) is 11.0 Å². The Balaban J connectivity index is 2.10. The van der Waals surface area contributed by atoms with Crippen molar-refractivity contribution in [2.75, 3.05) is 0 Å². The van der Waals surface area contributed by atoms with Crippen LogP contribution in [0.5, 0.6) is 0 Å². The second kappa shape index (κ2) is 5.18. The zero-order valence-electron chi connectivity index (χ0n) is 9.41. The van der Waals surface area contributed by atoms with Crippen LogP contribution in [0.25, 0.3) is 6.08 Å². The maximum absolute atomic E-state index is 12.7. The molecule has 0 amide bonds. The van der Waals surface area contributed by atoms with Gasteiger partial charge in [-0.05, 0) is 29.8 Å². The van der Waals surface area contributed by atoms with Gasteiger partial charge >= 0.3 is 0 Å². The quantitative estimate of drug-likeness (QED) is 0.854. The second-order valence-corrected chi connectivity index (χ2v) is 5.68. The van der Waals surface area contributed by atoms with Crippen molar-refractivity contribution >= 4 is 15.9 Å². The van der Waals surface area contributed by atoms with E-state index in [2.05, 4.69) is 0 Å². The summed E-state index contributed by atoms with van der Waals surface area (Å²) in [5, 5.41) is 1.13. The molecule has 3 nitrogen and oxygen atoms in total. The fourth-order valence-corrected chi connectivity index (χ4v) is 2.53. The number of rotatable bonds is 4. The van der Waals surface area contributed by atoms with Crippen LogP contribution in [-0.4, -0.2) is 8.42 Å². The maximum Gasteiger partial charge on any atom is 0.175 e. The minimum absolute atomic E-state index is 0.151. The summed E-state index contributed by atoms with van der Waals surface area (Å²) < 4.78 is 41.0. The molecule has 1 aromatic carbocycles. The van der Waals surface area contributed by atoms with E-state index in [-0.39, 0.29) is 11.6 Å². The highest BCUT2D eigenvalue weighted by atomic mass is 32.2. The second-order valence-electron chi connectivity index (χ2n) is 3.79. The molecule has 0 fully saturated rings. The third kappa shape index (κ3) is 3.56. The average Bonchev–Trinajstić information content (AvgIpc) is 2.83. The third-order valence-electron chi connectivity index (χ3n) is 2.29. The predicted octanol–water partition coefficient (Wildman–Crippen LogP) is 3.00. The third-order valence-corrected chi connectivity index (χ3v) is 3.58. The van der Waals surface area contributed by atoms with Crippen molar-refractivity contribution in [2.45, 2.75) is 5.75 Å². The minimum atomic E-state index is -3.37. The van der Waals surface area contributed by atoms with Gasteiger partial charge in [0.05, 0.1) is 18.3 Å². The van der Waals surface area contributed by atoms with E-state index in [9.17, 15) is 12.8 Å². The molecule has 0 atom stereocenters. The monoisotopic (exact) mass is 266 g/mol. The summed E-state index contributed by atoms with van der Waals surface area (Å²) in [4.78, 5) is 0. The minimum Gasteiger partial charge on any atom is -0.472 e. The van der Waals surface area contributed by atoms with Crippen molar-refractivity contribution in [1.82, 2.24) is 0 Å². The van der Waals surface area contributed by atoms with E-state index < -0.39 is 9.84 Å². The number of hydrogen-bond acceptors (Lipinski definition) is 3. The molecular formula is C13H11FO3S. The van der Waals surface area contributed by atoms with Gasteiger partial charge in [-0.2, -0.15) is 0 Å². The summed E-state index contributed by atoms with van der Waals surface area (Å²) >= 11 is 0. The molecule has 0 unspecified atom stereocenters. The van der Waals surface area contributed by atoms with Gasteiger partial charge in [0.2, 0.25) is 0 Å². The molecule has 2 rings (SSSR count). The van der Waals surface area contributed by atoms with E-state index in [0.717, 1.165) is 5.41 Å². The van der Waals surface area contributed by atoms with E-state index in [1.807, 2.05) is 0 Å². The van der Waals surface area contributed by atoms with Gasteiger partial charge in [0.15, 0.2) is 9.84 Å². The number of halogens is 1. The van der Waals surface area contributed by atoms with Crippen LogP contribution in [0.1, 0.15) is 11.1 Å². The summed E-state index contributed by atoms with van der Waals surface area (Å²) in [6, 6.07) is 7.05. The van der Waals surface area contributed by atoms with Gasteiger partial charge in [0.25, 0.3) is 0 Å². The normalized spacial score (nSPS) is 12.1. The van der Waals surface area contributed by atoms with Crippen LogP contribution >= 0.6 is 0 Å². The van der Waals surface area contributed by atoms with Gasteiger partial charge in [-0.15, -0.1) is 0 Å². The molecule has 5 heteroatoms. The van der Waals surface area contributed by atoms with E-state index >= 15 is 0 Å². The lowest BCUT2D eigenvalue weighted by Crippen LogP contribution is -1.99. The highest BCUT2D eigenvalue weighted by molar-refractivity contribution is 7.93. The van der Waals surface area contributed by atoms with Gasteiger partial charge in [-0.3, -0.25) is 0 Å². The van der Waals surface area contributed by atoms with Crippen molar-refractivity contribution < 1.29 is 17.2 Å². The molecular weight excluding hydrogens is 255 g/mol. The van der Waals surface area contributed by atoms with Gasteiger partial charge in [0.1, 0.15) is 5.82 Å². The van der Waals surface area contributed by atoms with Crippen molar-refractivity contribution in [1.29, 1.82) is 0 Å². The van der Waals surface area contributed by atoms with Crippen molar-refractivity contribution in [2.24, 2.45) is 0 Å². The molecule has 0 radical (unpaired) electrons. The lowest BCUT2D eigenvalue weighted by atomic mass is 10.2. The molecule has 0 aliphatic carbocycles. The first kappa shape index (κ1) is 12.6. The zero-order valence-corrected chi connectivity index (χ0v) is 10.2. The lowest BCUT2D eigenvalue weighted by molar-refractivity contribution is 0.567. The number of hydrogen-bond donors (Lipinski definition) is 0. The summed E-state index contributed by atoms with van der Waals surface area (Å²) in [7, 11) is -3.37. The van der Waals surface area contributed by atoms with E-state index in [1.54, 1.807) is 6.07 Å². The summed E-state index contributed by atoms with van der Waals surface area (Å²) in [6.07, 6.45) is 4.37. The van der Waals surface area contributed by atoms with Crippen LogP contribution in [0.15, 0.2) is 52.7 Å². The van der Waals surface area contributed by atoms with E-state index in [4.69, 9.17) is 4.42 Å². The number of benzene rings is 1. The first-order valence-corrected chi connectivity index (χ1v) is 6.94. The fraction of sp³-hybridized carbons (Fsp3) is 0.0769. The summed E-state index contributed by atoms with van der Waals surface area (Å²) in [5.41, 5.74) is 1.23. The molecule has 0 saturated heterocycles. The Labute approximate surface area is 104 Å². The van der Waals surface area contributed by atoms with Crippen LogP contribution in [0.2, 0.25) is 0 Å². The van der Waals surface area contributed by atoms with Crippen LogP contribution in [0, 0.1) is 5.82 Å². The summed E-state index contributed by atoms with van der Waals surface area (Å²) in [6.45, 7) is 0. The SMILES string of the molecule is O=S(=O)(C=Cc1ccoc1)Cc1ccc(F)cc1. The Morgan fingerprint density at radius 2 is 1.89 bits per heavy atom. The fourth-order valence-electron chi connectivity index (χ4n) is 1.41. The molecule has 0 bridgehead atoms. The van der Waals surface area contributed by atoms with Gasteiger partial charge < -0.3 is 4.42 Å². The van der Waals surface area contributed by atoms with Crippen molar-refractivity contribution in [3.8, 4) is 0 Å². The molecule has 2 aromatic rings. The molecule has 0 saturated carbocycles. The Morgan fingerprint density at radius 3 is 2.50 bits per heavy atom. The molecule has 1 aromatic heterocycles. The van der Waals surface area contributed by atoms with E-state index in [0.29, 0.717) is 11.1 Å². The highest BCUT2D eigenvalue weighted by Gasteiger charge is 2.07. The molecule has 0 N–H and O–H groups in total. The van der Waals surface area contributed by atoms with Crippen LogP contribution < -0.4 is 0 Å².